The normalized spacial score (nSPS) is 10.1. The standard InChI is InChI=1S/C24H24ClN5O3/c1-33-21-11-14-28-24(29-21)27-13-5-3-2-4-12-26-22(31)20-10-7-15-30(23(20)32)17-18-8-6-9-19(25)16-18/h6-11,14-16H,4-5,12-13,17H2,1H3,(H,26,31)(H,27,28,29). The highest BCUT2D eigenvalue weighted by Crippen LogP contribution is 2.11. The second-order valence-corrected chi connectivity index (χ2v) is 7.38. The van der Waals surface area contributed by atoms with E-state index < -0.39 is 5.91 Å². The molecule has 0 saturated heterocycles. The molecular weight excluding hydrogens is 442 g/mol. The summed E-state index contributed by atoms with van der Waals surface area (Å²) in [6, 6.07) is 12.1. The Morgan fingerprint density at radius 3 is 2.76 bits per heavy atom. The minimum atomic E-state index is -0.418. The number of amides is 1. The SMILES string of the molecule is COc1ccnc(NCCC#CCCNC(=O)c2cccn(Cc3cccc(Cl)c3)c2=O)n1. The van der Waals surface area contributed by atoms with Gasteiger partial charge in [0.2, 0.25) is 11.8 Å². The van der Waals surface area contributed by atoms with Crippen molar-refractivity contribution in [2.24, 2.45) is 0 Å². The van der Waals surface area contributed by atoms with Gasteiger partial charge in [0.1, 0.15) is 5.56 Å². The zero-order chi connectivity index (χ0) is 23.5. The highest BCUT2D eigenvalue weighted by atomic mass is 35.5. The van der Waals surface area contributed by atoms with E-state index in [1.54, 1.807) is 43.8 Å². The number of benzene rings is 1. The molecular formula is C24H24ClN5O3. The van der Waals surface area contributed by atoms with Gasteiger partial charge in [0.05, 0.1) is 13.7 Å². The third-order valence-corrected chi connectivity index (χ3v) is 4.77. The number of rotatable bonds is 9. The number of hydrogen-bond acceptors (Lipinski definition) is 6. The van der Waals surface area contributed by atoms with Crippen LogP contribution in [0.2, 0.25) is 5.02 Å². The first-order valence-electron chi connectivity index (χ1n) is 10.4. The molecule has 8 nitrogen and oxygen atoms in total. The topological polar surface area (TPSA) is 98.1 Å². The molecule has 170 valence electrons. The monoisotopic (exact) mass is 465 g/mol. The van der Waals surface area contributed by atoms with Gasteiger partial charge in [0, 0.05) is 49.4 Å². The second-order valence-electron chi connectivity index (χ2n) is 6.94. The summed E-state index contributed by atoms with van der Waals surface area (Å²) < 4.78 is 6.53. The van der Waals surface area contributed by atoms with Crippen molar-refractivity contribution in [3.8, 4) is 17.7 Å². The van der Waals surface area contributed by atoms with Crippen LogP contribution >= 0.6 is 11.6 Å². The summed E-state index contributed by atoms with van der Waals surface area (Å²) in [7, 11) is 1.55. The van der Waals surface area contributed by atoms with Crippen molar-refractivity contribution in [3.63, 3.8) is 0 Å². The Balaban J connectivity index is 1.43. The second kappa shape index (κ2) is 12.3. The van der Waals surface area contributed by atoms with Gasteiger partial charge in [-0.25, -0.2) is 4.98 Å². The smallest absolute Gasteiger partial charge is 0.263 e. The maximum atomic E-state index is 12.7. The summed E-state index contributed by atoms with van der Waals surface area (Å²) in [6.07, 6.45) is 4.34. The molecule has 0 bridgehead atoms. The van der Waals surface area contributed by atoms with E-state index in [0.29, 0.717) is 49.3 Å². The van der Waals surface area contributed by atoms with Gasteiger partial charge in [-0.2, -0.15) is 4.98 Å². The van der Waals surface area contributed by atoms with Crippen LogP contribution < -0.4 is 20.9 Å². The van der Waals surface area contributed by atoms with Gasteiger partial charge in [0.25, 0.3) is 11.5 Å². The number of anilines is 1. The average molecular weight is 466 g/mol. The van der Waals surface area contributed by atoms with Crippen LogP contribution in [0.25, 0.3) is 0 Å². The summed E-state index contributed by atoms with van der Waals surface area (Å²) in [6.45, 7) is 1.27. The van der Waals surface area contributed by atoms with Crippen LogP contribution in [0.1, 0.15) is 28.8 Å². The number of aromatic nitrogens is 3. The van der Waals surface area contributed by atoms with E-state index in [1.165, 1.54) is 10.6 Å². The number of carbonyl (C=O) groups excluding carboxylic acids is 1. The highest BCUT2D eigenvalue weighted by Gasteiger charge is 2.11. The minimum absolute atomic E-state index is 0.0926. The fraction of sp³-hybridized carbons (Fsp3) is 0.250. The third-order valence-electron chi connectivity index (χ3n) is 4.54. The zero-order valence-electron chi connectivity index (χ0n) is 18.2. The Kier molecular flexibility index (Phi) is 8.86. The molecule has 0 radical (unpaired) electrons. The number of pyridine rings is 1. The summed E-state index contributed by atoms with van der Waals surface area (Å²) in [5.74, 6) is 6.57. The molecule has 3 aromatic rings. The van der Waals surface area contributed by atoms with Crippen LogP contribution in [0.5, 0.6) is 5.88 Å². The summed E-state index contributed by atoms with van der Waals surface area (Å²) in [4.78, 5) is 33.4. The number of halogens is 1. The van der Waals surface area contributed by atoms with E-state index in [9.17, 15) is 9.59 Å². The molecule has 0 atom stereocenters. The van der Waals surface area contributed by atoms with Crippen LogP contribution in [0.15, 0.2) is 59.7 Å². The third kappa shape index (κ3) is 7.37. The van der Waals surface area contributed by atoms with E-state index >= 15 is 0 Å². The Morgan fingerprint density at radius 1 is 1.15 bits per heavy atom. The fourth-order valence-electron chi connectivity index (χ4n) is 2.95. The first-order valence-corrected chi connectivity index (χ1v) is 10.7. The molecule has 1 amide bonds. The van der Waals surface area contributed by atoms with Crippen LogP contribution in [0, 0.1) is 11.8 Å². The van der Waals surface area contributed by atoms with Crippen molar-refractivity contribution < 1.29 is 9.53 Å². The van der Waals surface area contributed by atoms with Crippen molar-refractivity contribution in [3.05, 3.63) is 81.4 Å². The lowest BCUT2D eigenvalue weighted by Gasteiger charge is -2.09. The number of methoxy groups -OCH3 is 1. The lowest BCUT2D eigenvalue weighted by molar-refractivity contribution is 0.0952. The van der Waals surface area contributed by atoms with E-state index in [4.69, 9.17) is 16.3 Å². The number of carbonyl (C=O) groups is 1. The van der Waals surface area contributed by atoms with Gasteiger partial charge in [-0.1, -0.05) is 23.7 Å². The van der Waals surface area contributed by atoms with Gasteiger partial charge in [-0.05, 0) is 29.8 Å². The molecule has 2 heterocycles. The van der Waals surface area contributed by atoms with E-state index in [1.807, 2.05) is 12.1 Å². The molecule has 3 rings (SSSR count). The molecule has 0 fully saturated rings. The van der Waals surface area contributed by atoms with Crippen molar-refractivity contribution in [2.45, 2.75) is 19.4 Å². The maximum Gasteiger partial charge on any atom is 0.263 e. The van der Waals surface area contributed by atoms with Crippen molar-refractivity contribution in [2.75, 3.05) is 25.5 Å². The molecule has 0 aliphatic rings. The molecule has 0 aliphatic carbocycles. The van der Waals surface area contributed by atoms with E-state index in [0.717, 1.165) is 5.56 Å². The van der Waals surface area contributed by atoms with Crippen LogP contribution in [-0.4, -0.2) is 40.6 Å². The van der Waals surface area contributed by atoms with Gasteiger partial charge < -0.3 is 19.9 Å². The Hall–Kier alpha value is -3.83. The van der Waals surface area contributed by atoms with Crippen LogP contribution in [0.3, 0.4) is 0 Å². The number of hydrogen-bond donors (Lipinski definition) is 2. The van der Waals surface area contributed by atoms with Crippen LogP contribution in [-0.2, 0) is 6.54 Å². The molecule has 0 saturated carbocycles. The Labute approximate surface area is 197 Å². The number of ether oxygens (including phenoxy) is 1. The minimum Gasteiger partial charge on any atom is -0.481 e. The molecule has 0 spiro atoms. The van der Waals surface area contributed by atoms with Gasteiger partial charge >= 0.3 is 0 Å². The van der Waals surface area contributed by atoms with E-state index in [2.05, 4.69) is 32.4 Å². The number of nitrogens with zero attached hydrogens (tertiary/aromatic N) is 3. The summed E-state index contributed by atoms with van der Waals surface area (Å²) in [5, 5.41) is 6.40. The fourth-order valence-corrected chi connectivity index (χ4v) is 3.17. The largest absolute Gasteiger partial charge is 0.481 e. The lowest BCUT2D eigenvalue weighted by atomic mass is 10.2. The first-order chi connectivity index (χ1) is 16.1. The zero-order valence-corrected chi connectivity index (χ0v) is 18.9. The quantitative estimate of drug-likeness (QED) is 0.372. The Bertz CT molecular complexity index is 1220. The molecule has 1 aromatic carbocycles. The lowest BCUT2D eigenvalue weighted by Crippen LogP contribution is -2.33. The van der Waals surface area contributed by atoms with Gasteiger partial charge in [-0.15, -0.1) is 11.8 Å². The Morgan fingerprint density at radius 2 is 1.97 bits per heavy atom. The molecule has 2 aromatic heterocycles. The first kappa shape index (κ1) is 23.8. The predicted octanol–water partition coefficient (Wildman–Crippen LogP) is 2.97. The molecule has 9 heteroatoms. The molecule has 0 aliphatic heterocycles. The molecule has 33 heavy (non-hydrogen) atoms. The number of nitrogens with one attached hydrogen (secondary N) is 2. The average Bonchev–Trinajstić information content (AvgIpc) is 2.82. The van der Waals surface area contributed by atoms with Gasteiger partial charge in [0.15, 0.2) is 0 Å². The van der Waals surface area contributed by atoms with Crippen molar-refractivity contribution in [1.29, 1.82) is 0 Å². The van der Waals surface area contributed by atoms with Crippen molar-refractivity contribution in [1.82, 2.24) is 19.9 Å². The molecule has 2 N–H and O–H groups in total. The summed E-state index contributed by atoms with van der Waals surface area (Å²) in [5.41, 5.74) is 0.617. The summed E-state index contributed by atoms with van der Waals surface area (Å²) >= 11 is 6.01. The molecule has 0 unspecified atom stereocenters. The van der Waals surface area contributed by atoms with E-state index in [-0.39, 0.29) is 11.1 Å². The van der Waals surface area contributed by atoms with Gasteiger partial charge in [-0.3, -0.25) is 9.59 Å². The predicted molar refractivity (Wildman–Crippen MR) is 128 cm³/mol. The highest BCUT2D eigenvalue weighted by molar-refractivity contribution is 6.30. The van der Waals surface area contributed by atoms with Crippen molar-refractivity contribution >= 4 is 23.5 Å². The maximum absolute atomic E-state index is 12.7. The van der Waals surface area contributed by atoms with Crippen LogP contribution in [0.4, 0.5) is 5.95 Å².